The number of amides is 1. The maximum absolute atomic E-state index is 13.6. The standard InChI is InChI=1S/C17H12Cl2FNO5/c1-25-16(23)8-3-9(17(24)26-2)5-10(4-8)21-15(22)11-6-14(20)13(19)7-12(11)18/h3-7H,1-2H3,(H,21,22). The Morgan fingerprint density at radius 3 is 1.92 bits per heavy atom. The molecule has 0 saturated carbocycles. The molecular weight excluding hydrogens is 388 g/mol. The third kappa shape index (κ3) is 4.30. The van der Waals surface area contributed by atoms with Crippen molar-refractivity contribution >= 4 is 46.7 Å². The average molecular weight is 400 g/mol. The van der Waals surface area contributed by atoms with Crippen LogP contribution in [0, 0.1) is 5.82 Å². The van der Waals surface area contributed by atoms with E-state index in [9.17, 15) is 18.8 Å². The zero-order valence-corrected chi connectivity index (χ0v) is 15.1. The summed E-state index contributed by atoms with van der Waals surface area (Å²) in [5.41, 5.74) is -0.0560. The summed E-state index contributed by atoms with van der Waals surface area (Å²) in [6, 6.07) is 5.80. The topological polar surface area (TPSA) is 81.7 Å². The molecule has 0 aliphatic heterocycles. The quantitative estimate of drug-likeness (QED) is 0.621. The van der Waals surface area contributed by atoms with Crippen molar-refractivity contribution in [3.8, 4) is 0 Å². The first kappa shape index (κ1) is 19.7. The Morgan fingerprint density at radius 2 is 1.42 bits per heavy atom. The number of carbonyl (C=O) groups is 3. The van der Waals surface area contributed by atoms with E-state index in [0.717, 1.165) is 12.1 Å². The van der Waals surface area contributed by atoms with Crippen LogP contribution in [-0.4, -0.2) is 32.1 Å². The van der Waals surface area contributed by atoms with Gasteiger partial charge < -0.3 is 14.8 Å². The number of nitrogens with one attached hydrogen (secondary N) is 1. The van der Waals surface area contributed by atoms with Crippen LogP contribution < -0.4 is 5.32 Å². The van der Waals surface area contributed by atoms with E-state index >= 15 is 0 Å². The molecule has 1 amide bonds. The Balaban J connectivity index is 2.42. The number of esters is 2. The minimum absolute atomic E-state index is 0.0130. The van der Waals surface area contributed by atoms with Crippen molar-refractivity contribution in [2.24, 2.45) is 0 Å². The van der Waals surface area contributed by atoms with Crippen molar-refractivity contribution in [3.63, 3.8) is 0 Å². The van der Waals surface area contributed by atoms with Gasteiger partial charge in [-0.1, -0.05) is 23.2 Å². The zero-order valence-electron chi connectivity index (χ0n) is 13.6. The van der Waals surface area contributed by atoms with Gasteiger partial charge >= 0.3 is 11.9 Å². The molecule has 2 aromatic rings. The lowest BCUT2D eigenvalue weighted by atomic mass is 10.1. The third-order valence-corrected chi connectivity index (χ3v) is 3.89. The summed E-state index contributed by atoms with van der Waals surface area (Å²) < 4.78 is 22.8. The highest BCUT2D eigenvalue weighted by atomic mass is 35.5. The predicted octanol–water partition coefficient (Wildman–Crippen LogP) is 3.96. The van der Waals surface area contributed by atoms with Crippen molar-refractivity contribution in [1.29, 1.82) is 0 Å². The molecule has 0 unspecified atom stereocenters. The molecule has 0 saturated heterocycles. The molecule has 2 rings (SSSR count). The first-order valence-corrected chi connectivity index (χ1v) is 7.80. The second-order valence-electron chi connectivity index (χ2n) is 4.98. The van der Waals surface area contributed by atoms with Crippen LogP contribution in [0.1, 0.15) is 31.1 Å². The molecular formula is C17H12Cl2FNO5. The van der Waals surface area contributed by atoms with Gasteiger partial charge in [-0.2, -0.15) is 0 Å². The molecule has 26 heavy (non-hydrogen) atoms. The predicted molar refractivity (Wildman–Crippen MR) is 93.5 cm³/mol. The van der Waals surface area contributed by atoms with Gasteiger partial charge in [0.2, 0.25) is 0 Å². The summed E-state index contributed by atoms with van der Waals surface area (Å²) in [5, 5.41) is 2.14. The fraction of sp³-hybridized carbons (Fsp3) is 0.118. The van der Waals surface area contributed by atoms with Gasteiger partial charge in [0.25, 0.3) is 5.91 Å². The van der Waals surface area contributed by atoms with E-state index in [1.54, 1.807) is 0 Å². The normalized spacial score (nSPS) is 10.2. The molecule has 0 fully saturated rings. The highest BCUT2D eigenvalue weighted by Gasteiger charge is 2.18. The van der Waals surface area contributed by atoms with Gasteiger partial charge in [-0.3, -0.25) is 4.79 Å². The Hall–Kier alpha value is -2.64. The fourth-order valence-corrected chi connectivity index (χ4v) is 2.54. The molecule has 0 aliphatic rings. The van der Waals surface area contributed by atoms with Crippen LogP contribution in [0.5, 0.6) is 0 Å². The van der Waals surface area contributed by atoms with Gasteiger partial charge in [0, 0.05) is 5.69 Å². The minimum atomic E-state index is -0.820. The number of ether oxygens (including phenoxy) is 2. The van der Waals surface area contributed by atoms with E-state index in [-0.39, 0.29) is 32.4 Å². The van der Waals surface area contributed by atoms with Gasteiger partial charge in [-0.05, 0) is 30.3 Å². The Morgan fingerprint density at radius 1 is 0.885 bits per heavy atom. The number of hydrogen-bond donors (Lipinski definition) is 1. The number of halogens is 3. The summed E-state index contributed by atoms with van der Waals surface area (Å²) in [6.45, 7) is 0. The van der Waals surface area contributed by atoms with E-state index in [4.69, 9.17) is 23.2 Å². The van der Waals surface area contributed by atoms with Gasteiger partial charge in [0.15, 0.2) is 0 Å². The van der Waals surface area contributed by atoms with Gasteiger partial charge in [0.1, 0.15) is 5.82 Å². The minimum Gasteiger partial charge on any atom is -0.465 e. The summed E-state index contributed by atoms with van der Waals surface area (Å²) in [7, 11) is 2.34. The summed E-state index contributed by atoms with van der Waals surface area (Å²) in [4.78, 5) is 35.9. The number of carbonyl (C=O) groups excluding carboxylic acids is 3. The molecule has 6 nitrogen and oxygen atoms in total. The smallest absolute Gasteiger partial charge is 0.337 e. The first-order valence-electron chi connectivity index (χ1n) is 7.04. The Kier molecular flexibility index (Phi) is 6.18. The lowest BCUT2D eigenvalue weighted by Gasteiger charge is -2.11. The van der Waals surface area contributed by atoms with E-state index < -0.39 is 23.7 Å². The second-order valence-corrected chi connectivity index (χ2v) is 5.80. The molecule has 2 aromatic carbocycles. The zero-order chi connectivity index (χ0) is 19.4. The third-order valence-electron chi connectivity index (χ3n) is 3.29. The SMILES string of the molecule is COC(=O)c1cc(NC(=O)c2cc(F)c(Cl)cc2Cl)cc(C(=O)OC)c1. The van der Waals surface area contributed by atoms with Crippen molar-refractivity contribution in [2.45, 2.75) is 0 Å². The van der Waals surface area contributed by atoms with Crippen LogP contribution in [0.2, 0.25) is 10.0 Å². The molecule has 1 N–H and O–H groups in total. The van der Waals surface area contributed by atoms with Crippen LogP contribution in [0.3, 0.4) is 0 Å². The second kappa shape index (κ2) is 8.16. The molecule has 0 radical (unpaired) electrons. The van der Waals surface area contributed by atoms with Crippen LogP contribution in [0.4, 0.5) is 10.1 Å². The number of methoxy groups -OCH3 is 2. The van der Waals surface area contributed by atoms with Crippen LogP contribution >= 0.6 is 23.2 Å². The number of hydrogen-bond acceptors (Lipinski definition) is 5. The highest BCUT2D eigenvalue weighted by molar-refractivity contribution is 6.37. The highest BCUT2D eigenvalue weighted by Crippen LogP contribution is 2.25. The molecule has 0 aliphatic carbocycles. The van der Waals surface area contributed by atoms with Crippen molar-refractivity contribution in [3.05, 3.63) is 62.9 Å². The molecule has 0 bridgehead atoms. The van der Waals surface area contributed by atoms with Crippen molar-refractivity contribution < 1.29 is 28.2 Å². The monoisotopic (exact) mass is 399 g/mol. The van der Waals surface area contributed by atoms with Crippen LogP contribution in [0.25, 0.3) is 0 Å². The maximum atomic E-state index is 13.6. The van der Waals surface area contributed by atoms with Crippen molar-refractivity contribution in [2.75, 3.05) is 19.5 Å². The molecule has 0 spiro atoms. The maximum Gasteiger partial charge on any atom is 0.337 e. The van der Waals surface area contributed by atoms with E-state index in [1.807, 2.05) is 0 Å². The summed E-state index contributed by atoms with van der Waals surface area (Å²) in [5.74, 6) is -3.02. The van der Waals surface area contributed by atoms with Crippen LogP contribution in [-0.2, 0) is 9.47 Å². The number of anilines is 1. The first-order chi connectivity index (χ1) is 12.3. The Labute approximate surface area is 157 Å². The van der Waals surface area contributed by atoms with E-state index in [2.05, 4.69) is 14.8 Å². The average Bonchev–Trinajstić information content (AvgIpc) is 2.62. The molecule has 0 aromatic heterocycles. The molecule has 136 valence electrons. The summed E-state index contributed by atoms with van der Waals surface area (Å²) >= 11 is 11.5. The van der Waals surface area contributed by atoms with E-state index in [0.29, 0.717) is 0 Å². The van der Waals surface area contributed by atoms with Crippen molar-refractivity contribution in [1.82, 2.24) is 0 Å². The van der Waals surface area contributed by atoms with Gasteiger partial charge in [-0.25, -0.2) is 14.0 Å². The van der Waals surface area contributed by atoms with Gasteiger partial charge in [0.05, 0.1) is 41.0 Å². The molecule has 0 heterocycles. The van der Waals surface area contributed by atoms with Gasteiger partial charge in [-0.15, -0.1) is 0 Å². The number of benzene rings is 2. The largest absolute Gasteiger partial charge is 0.465 e. The summed E-state index contributed by atoms with van der Waals surface area (Å²) in [6.07, 6.45) is 0. The molecule has 9 heteroatoms. The fourth-order valence-electron chi connectivity index (χ4n) is 2.07. The van der Waals surface area contributed by atoms with E-state index in [1.165, 1.54) is 32.4 Å². The van der Waals surface area contributed by atoms with Crippen LogP contribution in [0.15, 0.2) is 30.3 Å². The lowest BCUT2D eigenvalue weighted by Crippen LogP contribution is -2.15. The number of rotatable bonds is 4. The molecule has 0 atom stereocenters. The Bertz CT molecular complexity index is 867. The lowest BCUT2D eigenvalue weighted by molar-refractivity contribution is 0.0599.